The van der Waals surface area contributed by atoms with Crippen LogP contribution in [0.4, 0.5) is 0 Å². The largest absolute Gasteiger partial charge is 0.352 e. The fraction of sp³-hybridized carbons (Fsp3) is 0.435. The summed E-state index contributed by atoms with van der Waals surface area (Å²) in [5, 5.41) is 8.59. The normalized spacial score (nSPS) is 16.2. The Morgan fingerprint density at radius 2 is 2.07 bits per heavy atom. The Morgan fingerprint density at radius 1 is 1.29 bits per heavy atom. The molecule has 1 amide bonds. The molecule has 1 aromatic carbocycles. The summed E-state index contributed by atoms with van der Waals surface area (Å²) in [4.78, 5) is 18.1. The maximum atomic E-state index is 13.2. The van der Waals surface area contributed by atoms with Crippen molar-refractivity contribution in [3.8, 4) is 0 Å². The summed E-state index contributed by atoms with van der Waals surface area (Å²) in [6.07, 6.45) is 3.81. The molecule has 0 aliphatic heterocycles. The van der Waals surface area contributed by atoms with Crippen LogP contribution in [-0.4, -0.2) is 27.2 Å². The van der Waals surface area contributed by atoms with Crippen molar-refractivity contribution in [3.05, 3.63) is 58.0 Å². The molecule has 3 aromatic rings. The number of hydrogen-bond donors (Lipinski definition) is 1. The van der Waals surface area contributed by atoms with Crippen LogP contribution in [0.2, 0.25) is 0 Å². The van der Waals surface area contributed by atoms with Crippen LogP contribution in [0.3, 0.4) is 0 Å². The van der Waals surface area contributed by atoms with Gasteiger partial charge in [0.25, 0.3) is 5.91 Å². The quantitative estimate of drug-likeness (QED) is 0.756. The van der Waals surface area contributed by atoms with Gasteiger partial charge in [0.15, 0.2) is 0 Å². The smallest absolute Gasteiger partial charge is 0.252 e. The molecule has 146 valence electrons. The molecule has 5 heteroatoms. The number of aryl methyl sites for hydroxylation is 3. The number of nitrogens with one attached hydrogen (secondary N) is 1. The molecule has 0 saturated carbocycles. The monoisotopic (exact) mass is 376 g/mol. The summed E-state index contributed by atoms with van der Waals surface area (Å²) in [6.45, 7) is 6.96. The second kappa shape index (κ2) is 7.38. The number of benzene rings is 1. The third-order valence-electron chi connectivity index (χ3n) is 6.05. The summed E-state index contributed by atoms with van der Waals surface area (Å²) >= 11 is 0. The van der Waals surface area contributed by atoms with Crippen molar-refractivity contribution in [2.45, 2.75) is 46.5 Å². The Labute approximate surface area is 166 Å². The van der Waals surface area contributed by atoms with E-state index in [0.29, 0.717) is 12.5 Å². The lowest BCUT2D eigenvalue weighted by Gasteiger charge is -2.24. The van der Waals surface area contributed by atoms with Crippen molar-refractivity contribution in [2.75, 3.05) is 6.54 Å². The Hall–Kier alpha value is -2.69. The zero-order valence-electron chi connectivity index (χ0n) is 17.2. The third kappa shape index (κ3) is 3.30. The zero-order valence-corrected chi connectivity index (χ0v) is 17.2. The summed E-state index contributed by atoms with van der Waals surface area (Å²) in [6, 6.07) is 8.00. The molecule has 0 fully saturated rings. The number of amides is 1. The van der Waals surface area contributed by atoms with Gasteiger partial charge in [-0.25, -0.2) is 0 Å². The number of fused-ring (bicyclic) bond motifs is 2. The van der Waals surface area contributed by atoms with E-state index in [1.54, 1.807) is 0 Å². The molecular formula is C23H28N4O. The van der Waals surface area contributed by atoms with Crippen molar-refractivity contribution in [2.24, 2.45) is 13.0 Å². The van der Waals surface area contributed by atoms with E-state index < -0.39 is 0 Å². The van der Waals surface area contributed by atoms with Gasteiger partial charge in [0.2, 0.25) is 0 Å². The maximum absolute atomic E-state index is 13.2. The molecule has 0 radical (unpaired) electrons. The number of rotatable bonds is 4. The molecule has 1 N–H and O–H groups in total. The molecule has 0 saturated heterocycles. The Morgan fingerprint density at radius 3 is 2.82 bits per heavy atom. The first-order valence-corrected chi connectivity index (χ1v) is 10.1. The fourth-order valence-corrected chi connectivity index (χ4v) is 4.39. The summed E-state index contributed by atoms with van der Waals surface area (Å²) in [7, 11) is 1.96. The molecule has 0 bridgehead atoms. The minimum absolute atomic E-state index is 0.0168. The molecular weight excluding hydrogens is 348 g/mol. The molecule has 5 nitrogen and oxygen atoms in total. The first-order valence-electron chi connectivity index (χ1n) is 10.1. The number of para-hydroxylation sites is 1. The minimum atomic E-state index is 0.0168. The summed E-state index contributed by atoms with van der Waals surface area (Å²) in [5.74, 6) is 0.603. The average Bonchev–Trinajstić information content (AvgIpc) is 2.92. The highest BCUT2D eigenvalue weighted by Crippen LogP contribution is 2.31. The minimum Gasteiger partial charge on any atom is -0.352 e. The predicted octanol–water partition coefficient (Wildman–Crippen LogP) is 3.68. The number of aromatic nitrogens is 3. The molecule has 2 aromatic heterocycles. The zero-order chi connectivity index (χ0) is 19.8. The van der Waals surface area contributed by atoms with Crippen LogP contribution in [0.5, 0.6) is 0 Å². The van der Waals surface area contributed by atoms with Crippen molar-refractivity contribution in [1.29, 1.82) is 0 Å². The van der Waals surface area contributed by atoms with E-state index in [1.807, 2.05) is 42.9 Å². The lowest BCUT2D eigenvalue weighted by molar-refractivity contribution is 0.0954. The highest BCUT2D eigenvalue weighted by atomic mass is 16.1. The number of carbonyl (C=O) groups excluding carboxylic acids is 1. The lowest BCUT2D eigenvalue weighted by Crippen LogP contribution is -2.29. The second-order valence-corrected chi connectivity index (χ2v) is 8.06. The van der Waals surface area contributed by atoms with Crippen LogP contribution in [-0.2, 0) is 26.3 Å². The van der Waals surface area contributed by atoms with E-state index in [1.165, 1.54) is 5.56 Å². The molecule has 1 unspecified atom stereocenters. The van der Waals surface area contributed by atoms with Crippen LogP contribution in [0.1, 0.15) is 51.9 Å². The van der Waals surface area contributed by atoms with E-state index >= 15 is 0 Å². The van der Waals surface area contributed by atoms with Crippen LogP contribution in [0.25, 0.3) is 10.9 Å². The number of nitrogens with zero attached hydrogens (tertiary/aromatic N) is 3. The Kier molecular flexibility index (Phi) is 4.92. The number of carbonyl (C=O) groups is 1. The highest BCUT2D eigenvalue weighted by Gasteiger charge is 2.25. The average molecular weight is 377 g/mol. The third-order valence-corrected chi connectivity index (χ3v) is 6.05. The van der Waals surface area contributed by atoms with Crippen molar-refractivity contribution in [3.63, 3.8) is 0 Å². The molecule has 1 aliphatic rings. The van der Waals surface area contributed by atoms with Crippen molar-refractivity contribution < 1.29 is 4.79 Å². The van der Waals surface area contributed by atoms with Gasteiger partial charge in [0.05, 0.1) is 16.8 Å². The van der Waals surface area contributed by atoms with E-state index in [4.69, 9.17) is 4.98 Å². The van der Waals surface area contributed by atoms with Gasteiger partial charge >= 0.3 is 0 Å². The Balaban J connectivity index is 1.62. The van der Waals surface area contributed by atoms with Crippen molar-refractivity contribution in [1.82, 2.24) is 20.1 Å². The van der Waals surface area contributed by atoms with Crippen molar-refractivity contribution >= 4 is 16.8 Å². The number of pyridine rings is 1. The molecule has 0 spiro atoms. The lowest BCUT2D eigenvalue weighted by atomic mass is 9.84. The molecule has 1 aliphatic carbocycles. The first kappa shape index (κ1) is 18.7. The van der Waals surface area contributed by atoms with Gasteiger partial charge in [-0.3, -0.25) is 14.5 Å². The van der Waals surface area contributed by atoms with Gasteiger partial charge in [0, 0.05) is 30.4 Å². The first-order chi connectivity index (χ1) is 13.5. The van der Waals surface area contributed by atoms with Gasteiger partial charge in [-0.05, 0) is 62.6 Å². The summed E-state index contributed by atoms with van der Waals surface area (Å²) in [5.41, 5.74) is 7.40. The van der Waals surface area contributed by atoms with Gasteiger partial charge in [-0.2, -0.15) is 5.10 Å². The van der Waals surface area contributed by atoms with E-state index in [9.17, 15) is 4.79 Å². The van der Waals surface area contributed by atoms with Gasteiger partial charge in [0.1, 0.15) is 0 Å². The topological polar surface area (TPSA) is 59.8 Å². The summed E-state index contributed by atoms with van der Waals surface area (Å²) < 4.78 is 1.90. The second-order valence-electron chi connectivity index (χ2n) is 8.06. The van der Waals surface area contributed by atoms with E-state index in [2.05, 4.69) is 24.3 Å². The molecule has 2 heterocycles. The molecule has 1 atom stereocenters. The van der Waals surface area contributed by atoms with Gasteiger partial charge in [-0.1, -0.05) is 25.1 Å². The molecule has 28 heavy (non-hydrogen) atoms. The van der Waals surface area contributed by atoms with Crippen LogP contribution >= 0.6 is 0 Å². The maximum Gasteiger partial charge on any atom is 0.252 e. The Bertz CT molecular complexity index is 1050. The van der Waals surface area contributed by atoms with Gasteiger partial charge in [-0.15, -0.1) is 0 Å². The predicted molar refractivity (Wildman–Crippen MR) is 112 cm³/mol. The van der Waals surface area contributed by atoms with Crippen LogP contribution in [0.15, 0.2) is 24.3 Å². The molecule has 4 rings (SSSR count). The van der Waals surface area contributed by atoms with E-state index in [-0.39, 0.29) is 5.91 Å². The fourth-order valence-electron chi connectivity index (χ4n) is 4.39. The number of hydrogen-bond acceptors (Lipinski definition) is 3. The van der Waals surface area contributed by atoms with Crippen LogP contribution in [0, 0.1) is 19.8 Å². The highest BCUT2D eigenvalue weighted by molar-refractivity contribution is 6.07. The van der Waals surface area contributed by atoms with E-state index in [0.717, 1.165) is 64.8 Å². The van der Waals surface area contributed by atoms with Gasteiger partial charge < -0.3 is 5.32 Å². The SMILES string of the molecule is Cc1nn(C)c(C)c1CCNC(=O)c1c2c(nc3ccccc13)CCC(C)C2. The van der Waals surface area contributed by atoms with Crippen LogP contribution < -0.4 is 5.32 Å². The standard InChI is InChI=1S/C23H28N4O/c1-14-9-10-21-19(13-14)22(18-7-5-6-8-20(18)25-21)23(28)24-12-11-17-15(2)26-27(4)16(17)3/h5-8,14H,9-13H2,1-4H3,(H,24,28).